The third kappa shape index (κ3) is 2.37. The van der Waals surface area contributed by atoms with Crippen molar-refractivity contribution >= 4 is 5.78 Å². The van der Waals surface area contributed by atoms with Crippen LogP contribution in [-0.4, -0.2) is 11.3 Å². The molecule has 0 aromatic carbocycles. The van der Waals surface area contributed by atoms with E-state index in [1.54, 1.807) is 6.08 Å². The summed E-state index contributed by atoms with van der Waals surface area (Å²) in [6, 6.07) is 0. The van der Waals surface area contributed by atoms with Crippen LogP contribution in [0.15, 0.2) is 23.8 Å². The maximum Gasteiger partial charge on any atom is 0.157 e. The van der Waals surface area contributed by atoms with Crippen LogP contribution >= 0.6 is 0 Å². The molecule has 0 bridgehead atoms. The van der Waals surface area contributed by atoms with Crippen LogP contribution in [0, 0.1) is 12.3 Å². The van der Waals surface area contributed by atoms with Crippen molar-refractivity contribution in [3.05, 3.63) is 23.8 Å². The van der Waals surface area contributed by atoms with Crippen LogP contribution in [0.3, 0.4) is 0 Å². The highest BCUT2D eigenvalue weighted by Crippen LogP contribution is 2.29. The smallest absolute Gasteiger partial charge is 0.157 e. The summed E-state index contributed by atoms with van der Waals surface area (Å²) in [5, 5.41) is 0. The molecule has 1 fully saturated rings. The van der Waals surface area contributed by atoms with Crippen molar-refractivity contribution in [3.8, 4) is 12.3 Å². The molecule has 1 atom stereocenters. The van der Waals surface area contributed by atoms with Gasteiger partial charge in [-0.3, -0.25) is 4.79 Å². The molecule has 80 valence electrons. The van der Waals surface area contributed by atoms with Gasteiger partial charge in [0.25, 0.3) is 0 Å². The average Bonchev–Trinajstić information content (AvgIpc) is 2.22. The molecule has 0 heterocycles. The van der Waals surface area contributed by atoms with Gasteiger partial charge in [0.05, 0.1) is 0 Å². The molecule has 0 radical (unpaired) electrons. The van der Waals surface area contributed by atoms with Crippen molar-refractivity contribution in [2.45, 2.75) is 38.1 Å². The fourth-order valence-electron chi connectivity index (χ4n) is 1.95. The molecule has 0 amide bonds. The number of carbonyl (C=O) groups excluding carboxylic acids is 1. The predicted octanol–water partition coefficient (Wildman–Crippen LogP) is 1.96. The van der Waals surface area contributed by atoms with Crippen LogP contribution in [0.2, 0.25) is 0 Å². The Labute approximate surface area is 91.2 Å². The molecule has 1 rings (SSSR count). The summed E-state index contributed by atoms with van der Waals surface area (Å²) < 4.78 is 0. The predicted molar refractivity (Wildman–Crippen MR) is 62.1 cm³/mol. The first-order chi connectivity index (χ1) is 7.15. The zero-order chi connectivity index (χ0) is 11.3. The summed E-state index contributed by atoms with van der Waals surface area (Å²) in [6.07, 6.45) is 13.7. The molecule has 2 nitrogen and oxygen atoms in total. The fraction of sp³-hybridized carbons (Fsp3) is 0.462. The van der Waals surface area contributed by atoms with Gasteiger partial charge in [0.15, 0.2) is 5.78 Å². The van der Waals surface area contributed by atoms with Gasteiger partial charge in [-0.25, -0.2) is 0 Å². The lowest BCUT2D eigenvalue weighted by molar-refractivity contribution is -0.124. The molecular formula is C13H17NO. The van der Waals surface area contributed by atoms with Crippen molar-refractivity contribution < 1.29 is 4.79 Å². The zero-order valence-electron chi connectivity index (χ0n) is 9.12. The van der Waals surface area contributed by atoms with Crippen LogP contribution in [0.1, 0.15) is 32.6 Å². The second-order valence-electron chi connectivity index (χ2n) is 3.87. The maximum absolute atomic E-state index is 11.8. The summed E-state index contributed by atoms with van der Waals surface area (Å²) in [7, 11) is 0. The highest BCUT2D eigenvalue weighted by molar-refractivity contribution is 5.93. The Kier molecular flexibility index (Phi) is 3.88. The van der Waals surface area contributed by atoms with E-state index >= 15 is 0 Å². The molecule has 1 saturated carbocycles. The van der Waals surface area contributed by atoms with Crippen molar-refractivity contribution in [2.75, 3.05) is 0 Å². The lowest BCUT2D eigenvalue weighted by atomic mass is 9.75. The van der Waals surface area contributed by atoms with E-state index in [1.165, 1.54) is 0 Å². The van der Waals surface area contributed by atoms with Gasteiger partial charge < -0.3 is 5.73 Å². The third-order valence-electron chi connectivity index (χ3n) is 2.82. The van der Waals surface area contributed by atoms with Gasteiger partial charge in [0.2, 0.25) is 0 Å². The summed E-state index contributed by atoms with van der Waals surface area (Å²) >= 11 is 0. The Morgan fingerprint density at radius 2 is 2.33 bits per heavy atom. The Morgan fingerprint density at radius 3 is 2.87 bits per heavy atom. The quantitative estimate of drug-likeness (QED) is 0.550. The van der Waals surface area contributed by atoms with Gasteiger partial charge in [-0.05, 0) is 31.4 Å². The van der Waals surface area contributed by atoms with Gasteiger partial charge in [-0.1, -0.05) is 24.5 Å². The molecule has 1 aliphatic rings. The lowest BCUT2D eigenvalue weighted by Gasteiger charge is -2.32. The first-order valence-corrected chi connectivity index (χ1v) is 5.27. The first-order valence-electron chi connectivity index (χ1n) is 5.27. The molecule has 1 aliphatic carbocycles. The molecule has 15 heavy (non-hydrogen) atoms. The monoisotopic (exact) mass is 203 g/mol. The molecule has 0 spiro atoms. The number of hydrogen-bond acceptors (Lipinski definition) is 2. The van der Waals surface area contributed by atoms with Crippen molar-refractivity contribution in [1.82, 2.24) is 0 Å². The van der Waals surface area contributed by atoms with Crippen LogP contribution in [0.25, 0.3) is 0 Å². The van der Waals surface area contributed by atoms with E-state index in [-0.39, 0.29) is 5.78 Å². The highest BCUT2D eigenvalue weighted by atomic mass is 16.1. The molecule has 2 heteroatoms. The van der Waals surface area contributed by atoms with Crippen LogP contribution < -0.4 is 5.73 Å². The first kappa shape index (κ1) is 11.7. The highest BCUT2D eigenvalue weighted by Gasteiger charge is 2.37. The SMILES string of the molecule is C#C/C=C(\C=C/C)[C@@]1(N)CCCCC1=O. The number of rotatable bonds is 2. The van der Waals surface area contributed by atoms with E-state index in [0.717, 1.165) is 18.4 Å². The number of carbonyl (C=O) groups is 1. The van der Waals surface area contributed by atoms with E-state index in [0.29, 0.717) is 12.8 Å². The van der Waals surface area contributed by atoms with E-state index < -0.39 is 5.54 Å². The fourth-order valence-corrected chi connectivity index (χ4v) is 1.95. The van der Waals surface area contributed by atoms with E-state index in [9.17, 15) is 4.79 Å². The van der Waals surface area contributed by atoms with E-state index in [1.807, 2.05) is 19.1 Å². The Morgan fingerprint density at radius 1 is 1.60 bits per heavy atom. The lowest BCUT2D eigenvalue weighted by Crippen LogP contribution is -2.51. The van der Waals surface area contributed by atoms with Crippen molar-refractivity contribution in [2.24, 2.45) is 5.73 Å². The van der Waals surface area contributed by atoms with Crippen LogP contribution in [0.5, 0.6) is 0 Å². The summed E-state index contributed by atoms with van der Waals surface area (Å²) in [5.74, 6) is 2.56. The minimum atomic E-state index is -0.850. The van der Waals surface area contributed by atoms with Crippen molar-refractivity contribution in [3.63, 3.8) is 0 Å². The van der Waals surface area contributed by atoms with Gasteiger partial charge in [-0.2, -0.15) is 0 Å². The average molecular weight is 203 g/mol. The summed E-state index contributed by atoms with van der Waals surface area (Å²) in [6.45, 7) is 1.89. The minimum Gasteiger partial charge on any atom is -0.315 e. The molecule has 0 unspecified atom stereocenters. The minimum absolute atomic E-state index is 0.105. The van der Waals surface area contributed by atoms with Gasteiger partial charge in [0, 0.05) is 6.42 Å². The van der Waals surface area contributed by atoms with Gasteiger partial charge >= 0.3 is 0 Å². The second kappa shape index (κ2) is 4.95. The van der Waals surface area contributed by atoms with Crippen LogP contribution in [-0.2, 0) is 4.79 Å². The number of hydrogen-bond donors (Lipinski definition) is 1. The maximum atomic E-state index is 11.8. The molecule has 2 N–H and O–H groups in total. The third-order valence-corrected chi connectivity index (χ3v) is 2.82. The Bertz CT molecular complexity index is 346. The summed E-state index contributed by atoms with van der Waals surface area (Å²) in [4.78, 5) is 11.8. The molecule has 0 aromatic rings. The zero-order valence-corrected chi connectivity index (χ0v) is 9.12. The number of allylic oxidation sites excluding steroid dienone is 2. The Balaban J connectivity index is 3.05. The second-order valence-corrected chi connectivity index (χ2v) is 3.87. The van der Waals surface area contributed by atoms with Crippen molar-refractivity contribution in [1.29, 1.82) is 0 Å². The Hall–Kier alpha value is -1.33. The standard InChI is InChI=1S/C13H17NO/c1-3-7-11(8-4-2)13(14)10-6-5-9-12(13)15/h1,4,7-8H,5-6,9-10,14H2,2H3/b8-4-,11-7+/t13-/m0/s1. The normalized spacial score (nSPS) is 28.1. The molecular weight excluding hydrogens is 186 g/mol. The number of ketones is 1. The van der Waals surface area contributed by atoms with Gasteiger partial charge in [0.1, 0.15) is 5.54 Å². The number of nitrogens with two attached hydrogens (primary N) is 1. The molecule has 0 aliphatic heterocycles. The summed E-state index contributed by atoms with van der Waals surface area (Å²) in [5.41, 5.74) is 6.07. The van der Waals surface area contributed by atoms with Crippen LogP contribution in [0.4, 0.5) is 0 Å². The topological polar surface area (TPSA) is 43.1 Å². The van der Waals surface area contributed by atoms with Gasteiger partial charge in [-0.15, -0.1) is 6.42 Å². The molecule has 0 saturated heterocycles. The van der Waals surface area contributed by atoms with E-state index in [2.05, 4.69) is 5.92 Å². The van der Waals surface area contributed by atoms with E-state index in [4.69, 9.17) is 12.2 Å². The largest absolute Gasteiger partial charge is 0.315 e. The molecule has 0 aromatic heterocycles. The number of terminal acetylenes is 1. The number of Topliss-reactive ketones (excluding diaryl/α,β-unsaturated/α-hetero) is 1.